The molecule has 0 atom stereocenters. The number of amides is 4. The summed E-state index contributed by atoms with van der Waals surface area (Å²) in [5, 5.41) is 10.8. The molecule has 1 heterocycles. The van der Waals surface area contributed by atoms with Gasteiger partial charge >= 0.3 is 12.0 Å². The van der Waals surface area contributed by atoms with Crippen LogP contribution >= 0.6 is 27.5 Å². The fourth-order valence-corrected chi connectivity index (χ4v) is 3.60. The molecule has 8 nitrogen and oxygen atoms in total. The molecule has 0 aliphatic carbocycles. The largest absolute Gasteiger partial charge is 0.479 e. The van der Waals surface area contributed by atoms with Gasteiger partial charge in [0.1, 0.15) is 11.4 Å². The third-order valence-corrected chi connectivity index (χ3v) is 4.71. The van der Waals surface area contributed by atoms with E-state index in [1.54, 1.807) is 0 Å². The van der Waals surface area contributed by atoms with Gasteiger partial charge in [-0.2, -0.15) is 0 Å². The maximum absolute atomic E-state index is 13.5. The number of imide groups is 2. The van der Waals surface area contributed by atoms with E-state index in [0.717, 1.165) is 12.1 Å². The molecule has 0 aromatic heterocycles. The summed E-state index contributed by atoms with van der Waals surface area (Å²) in [6.07, 6.45) is 1.19. The standard InChI is InChI=1S/C19H11BrClFN2O6/c20-13-5-9(6-14(21)16(13)30-8-15(25)26)4-12-17(27)23-19(29)24(18(12)28)11-3-1-2-10(22)7-11/h1-7H,8H2,(H,25,26)(H,23,27,29)/b12-4+. The van der Waals surface area contributed by atoms with Crippen LogP contribution < -0.4 is 15.0 Å². The van der Waals surface area contributed by atoms with Gasteiger partial charge in [0.15, 0.2) is 12.4 Å². The van der Waals surface area contributed by atoms with Crippen LogP contribution in [0.2, 0.25) is 5.02 Å². The quantitative estimate of drug-likeness (QED) is 0.484. The number of urea groups is 1. The van der Waals surface area contributed by atoms with E-state index < -0.39 is 36.2 Å². The van der Waals surface area contributed by atoms with Crippen LogP contribution in [0.3, 0.4) is 0 Å². The van der Waals surface area contributed by atoms with Crippen molar-refractivity contribution in [2.75, 3.05) is 11.5 Å². The van der Waals surface area contributed by atoms with E-state index in [9.17, 15) is 23.6 Å². The molecule has 3 rings (SSSR count). The monoisotopic (exact) mass is 496 g/mol. The van der Waals surface area contributed by atoms with Crippen molar-refractivity contribution in [1.29, 1.82) is 0 Å². The van der Waals surface area contributed by atoms with E-state index in [-0.39, 0.29) is 26.5 Å². The first-order valence-corrected chi connectivity index (χ1v) is 9.35. The molecule has 0 bridgehead atoms. The molecule has 2 aromatic rings. The third kappa shape index (κ3) is 4.50. The average molecular weight is 498 g/mol. The van der Waals surface area contributed by atoms with Crippen LogP contribution in [0.15, 0.2) is 46.4 Å². The molecule has 1 aliphatic heterocycles. The summed E-state index contributed by atoms with van der Waals surface area (Å²) in [5.41, 5.74) is -0.143. The highest BCUT2D eigenvalue weighted by molar-refractivity contribution is 9.10. The SMILES string of the molecule is O=C(O)COc1c(Cl)cc(/C=C2\C(=O)NC(=O)N(c3cccc(F)c3)C2=O)cc1Br. The Bertz CT molecular complexity index is 1100. The smallest absolute Gasteiger partial charge is 0.341 e. The van der Waals surface area contributed by atoms with Crippen LogP contribution in [0.5, 0.6) is 5.75 Å². The van der Waals surface area contributed by atoms with Crippen molar-refractivity contribution in [3.05, 3.63) is 62.8 Å². The van der Waals surface area contributed by atoms with Crippen LogP contribution in [0, 0.1) is 5.82 Å². The number of barbiturate groups is 1. The van der Waals surface area contributed by atoms with Crippen molar-refractivity contribution < 1.29 is 33.4 Å². The molecule has 1 fully saturated rings. The Morgan fingerprint density at radius 2 is 2.00 bits per heavy atom. The molecule has 2 N–H and O–H groups in total. The topological polar surface area (TPSA) is 113 Å². The Hall–Kier alpha value is -3.24. The van der Waals surface area contributed by atoms with Gasteiger partial charge in [-0.25, -0.2) is 18.9 Å². The zero-order valence-corrected chi connectivity index (χ0v) is 17.2. The lowest BCUT2D eigenvalue weighted by molar-refractivity contribution is -0.139. The molecule has 1 aliphatic rings. The zero-order chi connectivity index (χ0) is 22.0. The number of halogens is 3. The summed E-state index contributed by atoms with van der Waals surface area (Å²) in [5.74, 6) is -3.68. The summed E-state index contributed by atoms with van der Waals surface area (Å²) in [4.78, 5) is 48.4. The molecule has 1 saturated heterocycles. The van der Waals surface area contributed by atoms with Crippen molar-refractivity contribution in [2.24, 2.45) is 0 Å². The van der Waals surface area contributed by atoms with Crippen LogP contribution in [0.1, 0.15) is 5.56 Å². The number of carbonyl (C=O) groups excluding carboxylic acids is 3. The van der Waals surface area contributed by atoms with Gasteiger partial charge in [-0.3, -0.25) is 14.9 Å². The van der Waals surface area contributed by atoms with E-state index in [2.05, 4.69) is 15.9 Å². The van der Waals surface area contributed by atoms with E-state index in [1.807, 2.05) is 5.32 Å². The van der Waals surface area contributed by atoms with Gasteiger partial charge in [0.2, 0.25) is 0 Å². The third-order valence-electron chi connectivity index (χ3n) is 3.84. The molecule has 30 heavy (non-hydrogen) atoms. The zero-order valence-electron chi connectivity index (χ0n) is 14.8. The number of nitrogens with zero attached hydrogens (tertiary/aromatic N) is 1. The second kappa shape index (κ2) is 8.64. The molecule has 0 spiro atoms. The number of carboxylic acid groups (broad SMARTS) is 1. The Kier molecular flexibility index (Phi) is 6.18. The van der Waals surface area contributed by atoms with Crippen LogP contribution in [0.4, 0.5) is 14.9 Å². The van der Waals surface area contributed by atoms with Crippen LogP contribution in [-0.4, -0.2) is 35.5 Å². The Morgan fingerprint density at radius 1 is 1.27 bits per heavy atom. The van der Waals surface area contributed by atoms with E-state index in [4.69, 9.17) is 21.4 Å². The number of carbonyl (C=O) groups is 4. The highest BCUT2D eigenvalue weighted by Gasteiger charge is 2.37. The fraction of sp³-hybridized carbons (Fsp3) is 0.0526. The minimum Gasteiger partial charge on any atom is -0.479 e. The lowest BCUT2D eigenvalue weighted by Gasteiger charge is -2.26. The molecule has 154 valence electrons. The first-order valence-electron chi connectivity index (χ1n) is 8.18. The Labute approximate surface area is 182 Å². The predicted octanol–water partition coefficient (Wildman–Crippen LogP) is 3.37. The van der Waals surface area contributed by atoms with Gasteiger partial charge in [0.05, 0.1) is 15.2 Å². The number of carboxylic acids is 1. The van der Waals surface area contributed by atoms with Gasteiger partial charge in [-0.05, 0) is 57.9 Å². The van der Waals surface area contributed by atoms with Gasteiger partial charge < -0.3 is 9.84 Å². The maximum Gasteiger partial charge on any atom is 0.341 e. The number of rotatable bonds is 5. The van der Waals surface area contributed by atoms with Crippen molar-refractivity contribution >= 4 is 63.1 Å². The second-order valence-corrected chi connectivity index (χ2v) is 7.20. The number of anilines is 1. The normalized spacial score (nSPS) is 15.4. The summed E-state index contributed by atoms with van der Waals surface area (Å²) in [6.45, 7) is -0.621. The number of nitrogens with one attached hydrogen (secondary N) is 1. The molecule has 0 unspecified atom stereocenters. The minimum atomic E-state index is -1.20. The minimum absolute atomic E-state index is 0.0270. The maximum atomic E-state index is 13.5. The molecule has 11 heteroatoms. The molecule has 2 aromatic carbocycles. The van der Waals surface area contributed by atoms with Crippen molar-refractivity contribution in [1.82, 2.24) is 5.32 Å². The average Bonchev–Trinajstić information content (AvgIpc) is 2.64. The van der Waals surface area contributed by atoms with Gasteiger partial charge in [0, 0.05) is 0 Å². The first kappa shape index (κ1) is 21.5. The molecule has 4 amide bonds. The van der Waals surface area contributed by atoms with Gasteiger partial charge in [-0.1, -0.05) is 17.7 Å². The lowest BCUT2D eigenvalue weighted by atomic mass is 10.1. The number of hydrogen-bond acceptors (Lipinski definition) is 5. The van der Waals surface area contributed by atoms with E-state index in [1.165, 1.54) is 30.3 Å². The van der Waals surface area contributed by atoms with E-state index in [0.29, 0.717) is 10.5 Å². The number of ether oxygens (including phenoxy) is 1. The molecular formula is C19H11BrClFN2O6. The van der Waals surface area contributed by atoms with E-state index >= 15 is 0 Å². The molecular weight excluding hydrogens is 487 g/mol. The summed E-state index contributed by atoms with van der Waals surface area (Å²) < 4.78 is 18.9. The predicted molar refractivity (Wildman–Crippen MR) is 108 cm³/mol. The molecule has 0 radical (unpaired) electrons. The number of benzene rings is 2. The summed E-state index contributed by atoms with van der Waals surface area (Å²) in [6, 6.07) is 6.57. The summed E-state index contributed by atoms with van der Waals surface area (Å²) in [7, 11) is 0. The van der Waals surface area contributed by atoms with Gasteiger partial charge in [0.25, 0.3) is 11.8 Å². The highest BCUT2D eigenvalue weighted by atomic mass is 79.9. The molecule has 0 saturated carbocycles. The van der Waals surface area contributed by atoms with Crippen molar-refractivity contribution in [3.8, 4) is 5.75 Å². The highest BCUT2D eigenvalue weighted by Crippen LogP contribution is 2.35. The Balaban J connectivity index is 1.97. The van der Waals surface area contributed by atoms with Crippen LogP contribution in [0.25, 0.3) is 6.08 Å². The Morgan fingerprint density at radius 3 is 2.63 bits per heavy atom. The summed E-state index contributed by atoms with van der Waals surface area (Å²) >= 11 is 9.29. The van der Waals surface area contributed by atoms with Crippen molar-refractivity contribution in [3.63, 3.8) is 0 Å². The van der Waals surface area contributed by atoms with Crippen LogP contribution in [-0.2, 0) is 14.4 Å². The number of hydrogen-bond donors (Lipinski definition) is 2. The van der Waals surface area contributed by atoms with Gasteiger partial charge in [-0.15, -0.1) is 0 Å². The lowest BCUT2D eigenvalue weighted by Crippen LogP contribution is -2.54. The first-order chi connectivity index (χ1) is 14.2. The number of aliphatic carboxylic acids is 1. The van der Waals surface area contributed by atoms with Crippen molar-refractivity contribution in [2.45, 2.75) is 0 Å². The fourth-order valence-electron chi connectivity index (χ4n) is 2.61. The second-order valence-electron chi connectivity index (χ2n) is 5.93.